The van der Waals surface area contributed by atoms with Gasteiger partial charge in [-0.05, 0) is 23.6 Å². The number of hydrogen-bond donors (Lipinski definition) is 0. The number of carbonyl (C=O) groups excluding carboxylic acids is 1. The van der Waals surface area contributed by atoms with Crippen molar-refractivity contribution in [1.82, 2.24) is 5.06 Å². The summed E-state index contributed by atoms with van der Waals surface area (Å²) in [6.45, 7) is 0.212. The maximum atomic E-state index is 13.7. The van der Waals surface area contributed by atoms with Crippen LogP contribution in [-0.4, -0.2) is 17.0 Å². The van der Waals surface area contributed by atoms with Gasteiger partial charge in [-0.1, -0.05) is 30.3 Å². The monoisotopic (exact) mass is 321 g/mol. The van der Waals surface area contributed by atoms with Crippen LogP contribution in [0.5, 0.6) is 0 Å². The molecule has 1 atom stereocenters. The number of β-lactam (4-membered cyclic amide) rings is 1. The summed E-state index contributed by atoms with van der Waals surface area (Å²) >= 11 is 0. The molecular weight excluding hydrogens is 307 g/mol. The summed E-state index contributed by atoms with van der Waals surface area (Å²) in [5.41, 5.74) is 0.916. The highest BCUT2D eigenvalue weighted by molar-refractivity contribution is 5.82. The molecule has 0 aliphatic carbocycles. The quantitative estimate of drug-likeness (QED) is 0.624. The lowest BCUT2D eigenvalue weighted by atomic mass is 9.96. The second kappa shape index (κ2) is 6.42. The van der Waals surface area contributed by atoms with E-state index in [0.29, 0.717) is 6.07 Å². The Morgan fingerprint density at radius 3 is 2.43 bits per heavy atom. The Morgan fingerprint density at radius 1 is 1.04 bits per heavy atom. The second-order valence-electron chi connectivity index (χ2n) is 5.40. The normalized spacial score (nSPS) is 17.3. The van der Waals surface area contributed by atoms with Crippen molar-refractivity contribution in [3.63, 3.8) is 0 Å². The van der Waals surface area contributed by atoms with Crippen molar-refractivity contribution in [1.29, 1.82) is 0 Å². The van der Waals surface area contributed by atoms with Gasteiger partial charge in [-0.3, -0.25) is 9.63 Å². The van der Waals surface area contributed by atoms with Gasteiger partial charge in [-0.2, -0.15) is 0 Å². The Morgan fingerprint density at radius 2 is 1.74 bits per heavy atom. The zero-order valence-corrected chi connectivity index (χ0v) is 12.1. The molecule has 0 saturated carbocycles. The number of nitrogens with zero attached hydrogens (tertiary/aromatic N) is 1. The van der Waals surface area contributed by atoms with Gasteiger partial charge < -0.3 is 0 Å². The fourth-order valence-electron chi connectivity index (χ4n) is 2.49. The molecule has 3 nitrogen and oxygen atoms in total. The van der Waals surface area contributed by atoms with E-state index in [1.54, 1.807) is 0 Å². The molecule has 6 heteroatoms. The summed E-state index contributed by atoms with van der Waals surface area (Å²) in [7, 11) is 0. The van der Waals surface area contributed by atoms with E-state index in [4.69, 9.17) is 4.84 Å². The van der Waals surface area contributed by atoms with E-state index >= 15 is 0 Å². The molecule has 0 bridgehead atoms. The average molecular weight is 321 g/mol. The second-order valence-corrected chi connectivity index (χ2v) is 5.40. The number of carbonyl (C=O) groups is 1. The lowest BCUT2D eigenvalue weighted by Crippen LogP contribution is -2.53. The van der Waals surface area contributed by atoms with Gasteiger partial charge in [0.1, 0.15) is 12.4 Å². The largest absolute Gasteiger partial charge is 0.272 e. The van der Waals surface area contributed by atoms with Gasteiger partial charge in [0.25, 0.3) is 0 Å². The number of halogens is 3. The first-order chi connectivity index (χ1) is 11.0. The fourth-order valence-corrected chi connectivity index (χ4v) is 2.49. The van der Waals surface area contributed by atoms with Gasteiger partial charge in [-0.15, -0.1) is 0 Å². The van der Waals surface area contributed by atoms with Crippen LogP contribution in [0, 0.1) is 17.5 Å². The molecule has 120 valence electrons. The molecule has 1 amide bonds. The van der Waals surface area contributed by atoms with E-state index in [2.05, 4.69) is 0 Å². The predicted octanol–water partition coefficient (Wildman–Crippen LogP) is 3.38. The minimum Gasteiger partial charge on any atom is -0.272 e. The molecule has 1 saturated heterocycles. The topological polar surface area (TPSA) is 29.5 Å². The molecule has 0 unspecified atom stereocenters. The highest BCUT2D eigenvalue weighted by Gasteiger charge is 2.38. The van der Waals surface area contributed by atoms with Crippen LogP contribution in [0.25, 0.3) is 0 Å². The van der Waals surface area contributed by atoms with Crippen LogP contribution >= 0.6 is 0 Å². The molecular formula is C17H14F3NO2. The summed E-state index contributed by atoms with van der Waals surface area (Å²) < 4.78 is 39.8. The first-order valence-corrected chi connectivity index (χ1v) is 7.17. The molecule has 2 aromatic rings. The standard InChI is InChI=1S/C17H14F3NO2/c18-14-9-16(20)15(19)7-12(14)6-13-8-17(22)21(13)23-10-11-4-2-1-3-5-11/h1-5,7,9,13H,6,8,10H2/t13-/m0/s1. The third-order valence-corrected chi connectivity index (χ3v) is 3.75. The Labute approximate surface area is 131 Å². The van der Waals surface area contributed by atoms with Crippen molar-refractivity contribution in [2.75, 3.05) is 0 Å². The number of hydroxylamine groups is 2. The molecule has 2 aromatic carbocycles. The predicted molar refractivity (Wildman–Crippen MR) is 76.5 cm³/mol. The fraction of sp³-hybridized carbons (Fsp3) is 0.235. The zero-order valence-electron chi connectivity index (χ0n) is 12.1. The van der Waals surface area contributed by atoms with E-state index in [-0.39, 0.29) is 37.0 Å². The van der Waals surface area contributed by atoms with E-state index in [0.717, 1.165) is 11.6 Å². The highest BCUT2D eigenvalue weighted by Crippen LogP contribution is 2.26. The first kappa shape index (κ1) is 15.6. The molecule has 0 spiro atoms. The molecule has 0 aromatic heterocycles. The van der Waals surface area contributed by atoms with Gasteiger partial charge in [0, 0.05) is 6.07 Å². The van der Waals surface area contributed by atoms with Crippen LogP contribution < -0.4 is 0 Å². The molecule has 1 fully saturated rings. The Bertz CT molecular complexity index is 721. The molecule has 0 N–H and O–H groups in total. The van der Waals surface area contributed by atoms with Crippen molar-refractivity contribution in [2.24, 2.45) is 0 Å². The van der Waals surface area contributed by atoms with Gasteiger partial charge in [0.2, 0.25) is 5.91 Å². The van der Waals surface area contributed by atoms with Gasteiger partial charge in [0.05, 0.1) is 12.5 Å². The minimum absolute atomic E-state index is 0.0229. The van der Waals surface area contributed by atoms with Gasteiger partial charge >= 0.3 is 0 Å². The number of amides is 1. The van der Waals surface area contributed by atoms with Crippen molar-refractivity contribution < 1.29 is 22.8 Å². The third kappa shape index (κ3) is 3.37. The third-order valence-electron chi connectivity index (χ3n) is 3.75. The van der Waals surface area contributed by atoms with E-state index in [1.165, 1.54) is 5.06 Å². The lowest BCUT2D eigenvalue weighted by molar-refractivity contribution is -0.232. The number of benzene rings is 2. The smallest absolute Gasteiger partial charge is 0.248 e. The van der Waals surface area contributed by atoms with Crippen LogP contribution in [0.1, 0.15) is 17.5 Å². The molecule has 0 radical (unpaired) electrons. The Hall–Kier alpha value is -2.34. The van der Waals surface area contributed by atoms with E-state index in [9.17, 15) is 18.0 Å². The van der Waals surface area contributed by atoms with Crippen molar-refractivity contribution in [3.8, 4) is 0 Å². The van der Waals surface area contributed by atoms with Gasteiger partial charge in [0.15, 0.2) is 11.6 Å². The summed E-state index contributed by atoms with van der Waals surface area (Å²) in [6, 6.07) is 10.2. The summed E-state index contributed by atoms with van der Waals surface area (Å²) in [6.07, 6.45) is 0.261. The Balaban J connectivity index is 1.64. The summed E-state index contributed by atoms with van der Waals surface area (Å²) in [4.78, 5) is 17.1. The van der Waals surface area contributed by atoms with Gasteiger partial charge in [-0.25, -0.2) is 18.2 Å². The van der Waals surface area contributed by atoms with Crippen LogP contribution in [0.15, 0.2) is 42.5 Å². The minimum atomic E-state index is -1.23. The maximum absolute atomic E-state index is 13.7. The van der Waals surface area contributed by atoms with Crippen LogP contribution in [0.4, 0.5) is 13.2 Å². The molecule has 1 aliphatic heterocycles. The molecule has 23 heavy (non-hydrogen) atoms. The molecule has 1 aliphatic rings. The summed E-state index contributed by atoms with van der Waals surface area (Å²) in [5.74, 6) is -3.38. The number of hydrogen-bond acceptors (Lipinski definition) is 2. The van der Waals surface area contributed by atoms with Crippen LogP contribution in [0.3, 0.4) is 0 Å². The zero-order chi connectivity index (χ0) is 16.4. The van der Waals surface area contributed by atoms with Crippen LogP contribution in [0.2, 0.25) is 0 Å². The van der Waals surface area contributed by atoms with Crippen molar-refractivity contribution in [2.45, 2.75) is 25.5 Å². The van der Waals surface area contributed by atoms with E-state index < -0.39 is 17.5 Å². The molecule has 1 heterocycles. The van der Waals surface area contributed by atoms with Crippen molar-refractivity contribution in [3.05, 3.63) is 71.0 Å². The van der Waals surface area contributed by atoms with Crippen molar-refractivity contribution >= 4 is 5.91 Å². The number of rotatable bonds is 5. The van der Waals surface area contributed by atoms with Crippen LogP contribution in [-0.2, 0) is 22.7 Å². The Kier molecular flexibility index (Phi) is 4.34. The van der Waals surface area contributed by atoms with E-state index in [1.807, 2.05) is 30.3 Å². The SMILES string of the molecule is O=C1C[C@H](Cc2cc(F)c(F)cc2F)N1OCc1ccccc1. The average Bonchev–Trinajstić information content (AvgIpc) is 2.53. The highest BCUT2D eigenvalue weighted by atomic mass is 19.2. The maximum Gasteiger partial charge on any atom is 0.248 e. The molecule has 3 rings (SSSR count). The summed E-state index contributed by atoms with van der Waals surface area (Å²) in [5, 5.41) is 1.17. The lowest BCUT2D eigenvalue weighted by Gasteiger charge is -2.39. The first-order valence-electron chi connectivity index (χ1n) is 7.17.